The van der Waals surface area contributed by atoms with Crippen molar-refractivity contribution in [1.29, 1.82) is 0 Å². The van der Waals surface area contributed by atoms with Crippen LogP contribution in [-0.2, 0) is 13.0 Å². The second-order valence-corrected chi connectivity index (χ2v) is 2.55. The molecule has 0 amide bonds. The third-order valence-electron chi connectivity index (χ3n) is 1.75. The highest BCUT2D eigenvalue weighted by atomic mass is 16.3. The molecule has 0 aliphatic heterocycles. The number of aliphatic hydroxyl groups excluding tert-OH is 1. The molecule has 0 atom stereocenters. The van der Waals surface area contributed by atoms with Gasteiger partial charge in [-0.2, -0.15) is 5.10 Å². The van der Waals surface area contributed by atoms with E-state index in [0.29, 0.717) is 18.1 Å². The lowest BCUT2D eigenvalue weighted by Crippen LogP contribution is -2.08. The SMILES string of the molecule is CCc1nn(CCO)c(N)c1N. The van der Waals surface area contributed by atoms with Gasteiger partial charge in [-0.05, 0) is 6.42 Å². The van der Waals surface area contributed by atoms with Crippen molar-refractivity contribution in [2.75, 3.05) is 18.1 Å². The molecule has 0 unspecified atom stereocenters. The molecule has 0 aromatic carbocycles. The van der Waals surface area contributed by atoms with E-state index in [4.69, 9.17) is 16.6 Å². The summed E-state index contributed by atoms with van der Waals surface area (Å²) < 4.78 is 1.52. The molecular weight excluding hydrogens is 156 g/mol. The van der Waals surface area contributed by atoms with Crippen molar-refractivity contribution >= 4 is 11.5 Å². The van der Waals surface area contributed by atoms with Crippen LogP contribution in [0.4, 0.5) is 11.5 Å². The largest absolute Gasteiger partial charge is 0.394 e. The van der Waals surface area contributed by atoms with Crippen LogP contribution < -0.4 is 11.5 Å². The number of anilines is 2. The fourth-order valence-electron chi connectivity index (χ4n) is 1.07. The van der Waals surface area contributed by atoms with E-state index in [-0.39, 0.29) is 6.61 Å². The van der Waals surface area contributed by atoms with Gasteiger partial charge in [0.15, 0.2) is 0 Å². The van der Waals surface area contributed by atoms with Gasteiger partial charge in [-0.15, -0.1) is 0 Å². The summed E-state index contributed by atoms with van der Waals surface area (Å²) in [5.41, 5.74) is 12.6. The lowest BCUT2D eigenvalue weighted by Gasteiger charge is -1.99. The minimum absolute atomic E-state index is 0.0223. The van der Waals surface area contributed by atoms with Crippen LogP contribution in [-0.4, -0.2) is 21.5 Å². The molecule has 0 aliphatic carbocycles. The molecular formula is C7H14N4O. The normalized spacial score (nSPS) is 10.5. The summed E-state index contributed by atoms with van der Waals surface area (Å²) in [5, 5.41) is 12.8. The summed E-state index contributed by atoms with van der Waals surface area (Å²) in [6.07, 6.45) is 0.758. The van der Waals surface area contributed by atoms with E-state index in [2.05, 4.69) is 5.10 Å². The van der Waals surface area contributed by atoms with E-state index in [1.807, 2.05) is 6.92 Å². The van der Waals surface area contributed by atoms with Gasteiger partial charge in [0.2, 0.25) is 0 Å². The first kappa shape index (κ1) is 8.86. The number of hydrogen-bond donors (Lipinski definition) is 3. The first-order valence-electron chi connectivity index (χ1n) is 3.92. The Hall–Kier alpha value is -1.23. The lowest BCUT2D eigenvalue weighted by molar-refractivity contribution is 0.270. The first-order valence-corrected chi connectivity index (χ1v) is 3.92. The number of aliphatic hydroxyl groups is 1. The number of aromatic nitrogens is 2. The smallest absolute Gasteiger partial charge is 0.145 e. The summed E-state index contributed by atoms with van der Waals surface area (Å²) in [6.45, 7) is 2.38. The van der Waals surface area contributed by atoms with Crippen molar-refractivity contribution in [3.63, 3.8) is 0 Å². The van der Waals surface area contributed by atoms with E-state index < -0.39 is 0 Å². The number of nitrogens with two attached hydrogens (primary N) is 2. The molecule has 0 bridgehead atoms. The van der Waals surface area contributed by atoms with Crippen molar-refractivity contribution < 1.29 is 5.11 Å². The van der Waals surface area contributed by atoms with E-state index in [9.17, 15) is 0 Å². The van der Waals surface area contributed by atoms with Gasteiger partial charge in [0, 0.05) is 0 Å². The van der Waals surface area contributed by atoms with Crippen LogP contribution in [0.5, 0.6) is 0 Å². The monoisotopic (exact) mass is 170 g/mol. The maximum atomic E-state index is 8.66. The highest BCUT2D eigenvalue weighted by molar-refractivity contribution is 5.62. The number of hydrogen-bond acceptors (Lipinski definition) is 4. The molecule has 1 heterocycles. The predicted octanol–water partition coefficient (Wildman–Crippen LogP) is -0.398. The van der Waals surface area contributed by atoms with Crippen molar-refractivity contribution in [2.24, 2.45) is 0 Å². The zero-order chi connectivity index (χ0) is 9.14. The molecule has 1 aromatic rings. The Balaban J connectivity index is 2.98. The van der Waals surface area contributed by atoms with Gasteiger partial charge in [-0.1, -0.05) is 6.92 Å². The maximum absolute atomic E-state index is 8.66. The minimum atomic E-state index is 0.0223. The highest BCUT2D eigenvalue weighted by Crippen LogP contribution is 2.19. The summed E-state index contributed by atoms with van der Waals surface area (Å²) in [4.78, 5) is 0. The van der Waals surface area contributed by atoms with Gasteiger partial charge in [0.05, 0.1) is 24.5 Å². The van der Waals surface area contributed by atoms with Crippen molar-refractivity contribution in [2.45, 2.75) is 19.9 Å². The van der Waals surface area contributed by atoms with Gasteiger partial charge in [0.1, 0.15) is 5.82 Å². The van der Waals surface area contributed by atoms with Crippen LogP contribution in [0, 0.1) is 0 Å². The third kappa shape index (κ3) is 1.35. The molecule has 0 spiro atoms. The second-order valence-electron chi connectivity index (χ2n) is 2.55. The average Bonchev–Trinajstić information content (AvgIpc) is 2.33. The van der Waals surface area contributed by atoms with Crippen LogP contribution in [0.2, 0.25) is 0 Å². The van der Waals surface area contributed by atoms with E-state index >= 15 is 0 Å². The van der Waals surface area contributed by atoms with Gasteiger partial charge >= 0.3 is 0 Å². The summed E-state index contributed by atoms with van der Waals surface area (Å²) in [5.74, 6) is 0.445. The molecule has 5 N–H and O–H groups in total. The minimum Gasteiger partial charge on any atom is -0.394 e. The van der Waals surface area contributed by atoms with Gasteiger partial charge < -0.3 is 16.6 Å². The Morgan fingerprint density at radius 1 is 1.50 bits per heavy atom. The van der Waals surface area contributed by atoms with Gasteiger partial charge in [-0.25, -0.2) is 4.68 Å². The van der Waals surface area contributed by atoms with Crippen LogP contribution in [0.1, 0.15) is 12.6 Å². The zero-order valence-corrected chi connectivity index (χ0v) is 7.12. The number of aryl methyl sites for hydroxylation is 1. The first-order chi connectivity index (χ1) is 5.70. The standard InChI is InChI=1S/C7H14N4O/c1-2-5-6(8)7(9)11(10-5)3-4-12/h12H,2-4,8-9H2,1H3. The molecule has 1 rings (SSSR count). The van der Waals surface area contributed by atoms with Crippen LogP contribution in [0.3, 0.4) is 0 Å². The Morgan fingerprint density at radius 2 is 2.17 bits per heavy atom. The summed E-state index contributed by atoms with van der Waals surface area (Å²) in [6, 6.07) is 0. The quantitative estimate of drug-likeness (QED) is 0.576. The number of rotatable bonds is 3. The number of nitrogens with zero attached hydrogens (tertiary/aromatic N) is 2. The topological polar surface area (TPSA) is 90.1 Å². The Labute approximate surface area is 71.0 Å². The lowest BCUT2D eigenvalue weighted by atomic mass is 10.3. The van der Waals surface area contributed by atoms with E-state index in [1.165, 1.54) is 4.68 Å². The van der Waals surface area contributed by atoms with Crippen LogP contribution in [0.25, 0.3) is 0 Å². The fraction of sp³-hybridized carbons (Fsp3) is 0.571. The molecule has 0 fully saturated rings. The molecule has 0 saturated carbocycles. The summed E-state index contributed by atoms with van der Waals surface area (Å²) >= 11 is 0. The zero-order valence-electron chi connectivity index (χ0n) is 7.12. The highest BCUT2D eigenvalue weighted by Gasteiger charge is 2.09. The Morgan fingerprint density at radius 3 is 2.58 bits per heavy atom. The van der Waals surface area contributed by atoms with Crippen molar-refractivity contribution in [3.05, 3.63) is 5.69 Å². The van der Waals surface area contributed by atoms with Crippen molar-refractivity contribution in [3.8, 4) is 0 Å². The molecule has 68 valence electrons. The van der Waals surface area contributed by atoms with Crippen molar-refractivity contribution in [1.82, 2.24) is 9.78 Å². The molecule has 0 saturated heterocycles. The molecule has 0 aliphatic rings. The molecule has 0 radical (unpaired) electrons. The molecule has 12 heavy (non-hydrogen) atoms. The average molecular weight is 170 g/mol. The third-order valence-corrected chi connectivity index (χ3v) is 1.75. The van der Waals surface area contributed by atoms with Gasteiger partial charge in [0.25, 0.3) is 0 Å². The summed E-state index contributed by atoms with van der Waals surface area (Å²) in [7, 11) is 0. The second kappa shape index (κ2) is 3.44. The predicted molar refractivity (Wildman–Crippen MR) is 47.5 cm³/mol. The molecule has 5 nitrogen and oxygen atoms in total. The van der Waals surface area contributed by atoms with E-state index in [1.54, 1.807) is 0 Å². The Bertz CT molecular complexity index is 269. The molecule has 1 aromatic heterocycles. The van der Waals surface area contributed by atoms with Gasteiger partial charge in [-0.3, -0.25) is 0 Å². The maximum Gasteiger partial charge on any atom is 0.145 e. The van der Waals surface area contributed by atoms with Crippen LogP contribution in [0.15, 0.2) is 0 Å². The Kier molecular flexibility index (Phi) is 2.54. The van der Waals surface area contributed by atoms with E-state index in [0.717, 1.165) is 12.1 Å². The fourth-order valence-corrected chi connectivity index (χ4v) is 1.07. The number of nitrogen functional groups attached to an aromatic ring is 2. The van der Waals surface area contributed by atoms with Crippen LogP contribution >= 0.6 is 0 Å². The molecule has 5 heteroatoms.